The lowest BCUT2D eigenvalue weighted by atomic mass is 9.67. The van der Waals surface area contributed by atoms with Gasteiger partial charge in [-0.25, -0.2) is 0 Å². The summed E-state index contributed by atoms with van der Waals surface area (Å²) in [4.78, 5) is 2.42. The van der Waals surface area contributed by atoms with E-state index in [9.17, 15) is 0 Å². The van der Waals surface area contributed by atoms with Crippen molar-refractivity contribution in [2.75, 3.05) is 4.90 Å². The van der Waals surface area contributed by atoms with E-state index in [1.165, 1.54) is 61.2 Å². The van der Waals surface area contributed by atoms with Crippen molar-refractivity contribution in [2.24, 2.45) is 0 Å². The van der Waals surface area contributed by atoms with Crippen LogP contribution in [-0.2, 0) is 5.41 Å². The van der Waals surface area contributed by atoms with Gasteiger partial charge in [0.25, 0.3) is 0 Å². The highest BCUT2D eigenvalue weighted by molar-refractivity contribution is 6.09. The van der Waals surface area contributed by atoms with E-state index in [-0.39, 0.29) is 0 Å². The molecule has 69 heavy (non-hydrogen) atoms. The largest absolute Gasteiger partial charge is 0.455 e. The molecular formula is C67H45NO. The maximum atomic E-state index is 6.51. The van der Waals surface area contributed by atoms with E-state index in [0.717, 1.165) is 55.7 Å². The molecule has 324 valence electrons. The molecule has 0 radical (unpaired) electrons. The zero-order valence-electron chi connectivity index (χ0n) is 37.8. The molecule has 0 saturated heterocycles. The molecule has 1 heterocycles. The van der Waals surface area contributed by atoms with E-state index in [4.69, 9.17) is 4.42 Å². The van der Waals surface area contributed by atoms with Gasteiger partial charge >= 0.3 is 0 Å². The molecule has 0 aliphatic heterocycles. The third-order valence-electron chi connectivity index (χ3n) is 14.2. The Bertz CT molecular complexity index is 3820. The van der Waals surface area contributed by atoms with Crippen LogP contribution in [0.5, 0.6) is 0 Å². The zero-order chi connectivity index (χ0) is 45.7. The molecule has 1 aliphatic rings. The number of anilines is 3. The van der Waals surface area contributed by atoms with Crippen molar-refractivity contribution in [3.63, 3.8) is 0 Å². The summed E-state index contributed by atoms with van der Waals surface area (Å²) in [5.41, 5.74) is 21.2. The van der Waals surface area contributed by atoms with Crippen molar-refractivity contribution in [1.82, 2.24) is 0 Å². The lowest BCUT2D eigenvalue weighted by Gasteiger charge is -2.34. The molecule has 11 aromatic carbocycles. The fourth-order valence-electron chi connectivity index (χ4n) is 11.1. The predicted molar refractivity (Wildman–Crippen MR) is 287 cm³/mol. The lowest BCUT2D eigenvalue weighted by molar-refractivity contribution is 0.670. The molecule has 2 nitrogen and oxygen atoms in total. The molecule has 0 N–H and O–H groups in total. The number of fused-ring (bicyclic) bond motifs is 6. The summed E-state index contributed by atoms with van der Waals surface area (Å²) >= 11 is 0. The first-order valence-corrected chi connectivity index (χ1v) is 23.7. The Balaban J connectivity index is 1.01. The highest BCUT2D eigenvalue weighted by Gasteiger charge is 2.47. The Morgan fingerprint density at radius 2 is 0.797 bits per heavy atom. The number of benzene rings is 11. The second-order valence-corrected chi connectivity index (χ2v) is 17.9. The van der Waals surface area contributed by atoms with Gasteiger partial charge in [-0.05, 0) is 109 Å². The standard InChI is InChI=1S/C67H45NO/c1-4-19-46(20-5-1)48-37-41-53(42-38-48)68(54-43-39-49(40-44-54)55-30-17-32-59-57-28-12-15-36-64(57)69-66(55)59)63-35-14-11-27-56(63)58-31-18-34-62-65(58)60-29-10-13-33-61(60)67(62,51-24-8-3-9-25-51)52-26-16-23-50(45-52)47-21-6-2-7-22-47/h1-45H. The van der Waals surface area contributed by atoms with Crippen LogP contribution in [0.1, 0.15) is 22.3 Å². The average Bonchev–Trinajstić information content (AvgIpc) is 3.97. The Morgan fingerprint density at radius 1 is 0.304 bits per heavy atom. The molecule has 0 saturated carbocycles. The number of nitrogens with zero attached hydrogens (tertiary/aromatic N) is 1. The van der Waals surface area contributed by atoms with Crippen molar-refractivity contribution >= 4 is 39.0 Å². The van der Waals surface area contributed by atoms with Gasteiger partial charge in [0.2, 0.25) is 0 Å². The summed E-state index contributed by atoms with van der Waals surface area (Å²) in [5.74, 6) is 0. The molecule has 1 aromatic heterocycles. The molecule has 0 fully saturated rings. The van der Waals surface area contributed by atoms with Crippen LogP contribution >= 0.6 is 0 Å². The van der Waals surface area contributed by atoms with E-state index in [2.05, 4.69) is 266 Å². The quantitative estimate of drug-likeness (QED) is 0.144. The molecule has 2 heteroatoms. The van der Waals surface area contributed by atoms with Crippen molar-refractivity contribution < 1.29 is 4.42 Å². The van der Waals surface area contributed by atoms with Crippen LogP contribution < -0.4 is 4.90 Å². The van der Waals surface area contributed by atoms with Crippen LogP contribution in [0.15, 0.2) is 277 Å². The van der Waals surface area contributed by atoms with Gasteiger partial charge in [-0.15, -0.1) is 0 Å². The molecular weight excluding hydrogens is 835 g/mol. The van der Waals surface area contributed by atoms with Gasteiger partial charge in [0, 0.05) is 33.3 Å². The van der Waals surface area contributed by atoms with Gasteiger partial charge < -0.3 is 9.32 Å². The molecule has 1 atom stereocenters. The van der Waals surface area contributed by atoms with Gasteiger partial charge in [-0.3, -0.25) is 0 Å². The van der Waals surface area contributed by atoms with E-state index in [0.29, 0.717) is 0 Å². The van der Waals surface area contributed by atoms with Crippen molar-refractivity contribution in [3.05, 3.63) is 295 Å². The van der Waals surface area contributed by atoms with Gasteiger partial charge in [-0.1, -0.05) is 231 Å². The van der Waals surface area contributed by atoms with E-state index in [1.54, 1.807) is 0 Å². The van der Waals surface area contributed by atoms with Crippen LogP contribution in [0, 0.1) is 0 Å². The third kappa shape index (κ3) is 6.64. The molecule has 13 rings (SSSR count). The van der Waals surface area contributed by atoms with Crippen molar-refractivity contribution in [3.8, 4) is 55.6 Å². The normalized spacial score (nSPS) is 13.9. The number of hydrogen-bond donors (Lipinski definition) is 0. The predicted octanol–water partition coefficient (Wildman–Crippen LogP) is 18.1. The molecule has 0 spiro atoms. The van der Waals surface area contributed by atoms with Crippen LogP contribution in [-0.4, -0.2) is 0 Å². The fraction of sp³-hybridized carbons (Fsp3) is 0.0149. The molecule has 0 amide bonds. The average molecular weight is 880 g/mol. The monoisotopic (exact) mass is 879 g/mol. The Kier molecular flexibility index (Phi) is 9.77. The third-order valence-corrected chi connectivity index (χ3v) is 14.2. The van der Waals surface area contributed by atoms with Crippen LogP contribution in [0.25, 0.3) is 77.6 Å². The van der Waals surface area contributed by atoms with Gasteiger partial charge in [-0.2, -0.15) is 0 Å². The number of rotatable bonds is 9. The number of furan rings is 1. The molecule has 0 bridgehead atoms. The first-order chi connectivity index (χ1) is 34.2. The summed E-state index contributed by atoms with van der Waals surface area (Å²) in [7, 11) is 0. The highest BCUT2D eigenvalue weighted by atomic mass is 16.3. The van der Waals surface area contributed by atoms with Crippen LogP contribution in [0.4, 0.5) is 17.1 Å². The Morgan fingerprint density at radius 3 is 1.55 bits per heavy atom. The maximum Gasteiger partial charge on any atom is 0.143 e. The molecule has 12 aromatic rings. The topological polar surface area (TPSA) is 16.4 Å². The smallest absolute Gasteiger partial charge is 0.143 e. The first-order valence-electron chi connectivity index (χ1n) is 23.7. The van der Waals surface area contributed by atoms with E-state index in [1.807, 2.05) is 12.1 Å². The number of para-hydroxylation sites is 3. The van der Waals surface area contributed by atoms with Gasteiger partial charge in [0.1, 0.15) is 11.2 Å². The highest BCUT2D eigenvalue weighted by Crippen LogP contribution is 2.59. The Labute approximate surface area is 402 Å². The second kappa shape index (κ2) is 16.7. The van der Waals surface area contributed by atoms with Gasteiger partial charge in [0.05, 0.1) is 11.1 Å². The zero-order valence-corrected chi connectivity index (χ0v) is 37.8. The minimum absolute atomic E-state index is 0.575. The van der Waals surface area contributed by atoms with E-state index >= 15 is 0 Å². The van der Waals surface area contributed by atoms with E-state index < -0.39 is 5.41 Å². The van der Waals surface area contributed by atoms with Crippen molar-refractivity contribution in [2.45, 2.75) is 5.41 Å². The number of hydrogen-bond acceptors (Lipinski definition) is 2. The van der Waals surface area contributed by atoms with Crippen LogP contribution in [0.2, 0.25) is 0 Å². The Hall–Kier alpha value is -8.98. The lowest BCUT2D eigenvalue weighted by Crippen LogP contribution is -2.28. The molecule has 1 unspecified atom stereocenters. The summed E-state index contributed by atoms with van der Waals surface area (Å²) in [5, 5.41) is 2.25. The first kappa shape index (κ1) is 40.3. The summed E-state index contributed by atoms with van der Waals surface area (Å²) < 4.78 is 6.51. The van der Waals surface area contributed by atoms with Gasteiger partial charge in [0.15, 0.2) is 0 Å². The fourth-order valence-corrected chi connectivity index (χ4v) is 11.1. The SMILES string of the molecule is c1ccc(-c2ccc(N(c3ccc(-c4cccc5c4oc4ccccc45)cc3)c3ccccc3-c3cccc4c3-c3ccccc3C4(c3ccccc3)c3cccc(-c4ccccc4)c3)cc2)cc1. The minimum atomic E-state index is -0.575. The minimum Gasteiger partial charge on any atom is -0.455 e. The maximum absolute atomic E-state index is 6.51. The summed E-state index contributed by atoms with van der Waals surface area (Å²) in [6.45, 7) is 0. The summed E-state index contributed by atoms with van der Waals surface area (Å²) in [6, 6.07) is 99.3. The van der Waals surface area contributed by atoms with Crippen LogP contribution in [0.3, 0.4) is 0 Å². The summed E-state index contributed by atoms with van der Waals surface area (Å²) in [6.07, 6.45) is 0. The van der Waals surface area contributed by atoms with Crippen molar-refractivity contribution in [1.29, 1.82) is 0 Å². The molecule has 1 aliphatic carbocycles. The second-order valence-electron chi connectivity index (χ2n) is 17.9.